The van der Waals surface area contributed by atoms with Crippen molar-refractivity contribution >= 4 is 15.9 Å². The van der Waals surface area contributed by atoms with Gasteiger partial charge in [0.25, 0.3) is 0 Å². The highest BCUT2D eigenvalue weighted by Gasteiger charge is 2.16. The number of aryl methyl sites for hydroxylation is 1. The molecule has 1 aliphatic rings. The number of benzene rings is 3. The maximum absolute atomic E-state index is 3.57. The lowest BCUT2D eigenvalue weighted by Gasteiger charge is -2.32. The van der Waals surface area contributed by atoms with Crippen molar-refractivity contribution in [3.63, 3.8) is 0 Å². The Hall–Kier alpha value is -2.66. The van der Waals surface area contributed by atoms with Crippen molar-refractivity contribution in [2.45, 2.75) is 13.5 Å². The molecular weight excluding hydrogens is 470 g/mol. The minimum absolute atomic E-state index is 1.02. The third-order valence-corrected chi connectivity index (χ3v) is 7.16. The highest BCUT2D eigenvalue weighted by atomic mass is 79.9. The van der Waals surface area contributed by atoms with Crippen LogP contribution in [-0.4, -0.2) is 47.6 Å². The smallest absolute Gasteiger partial charge is 0.0535 e. The second kappa shape index (κ2) is 9.68. The van der Waals surface area contributed by atoms with E-state index < -0.39 is 0 Å². The van der Waals surface area contributed by atoms with Gasteiger partial charge >= 0.3 is 0 Å². The van der Waals surface area contributed by atoms with Gasteiger partial charge in [-0.2, -0.15) is 0 Å². The van der Waals surface area contributed by atoms with Crippen molar-refractivity contribution in [2.75, 3.05) is 33.2 Å². The minimum atomic E-state index is 1.02. The lowest BCUT2D eigenvalue weighted by Crippen LogP contribution is -2.43. The quantitative estimate of drug-likeness (QED) is 0.305. The zero-order valence-corrected chi connectivity index (χ0v) is 20.9. The van der Waals surface area contributed by atoms with Gasteiger partial charge in [0.05, 0.1) is 11.4 Å². The summed E-state index contributed by atoms with van der Waals surface area (Å²) < 4.78 is 3.49. The van der Waals surface area contributed by atoms with Gasteiger partial charge in [0, 0.05) is 42.9 Å². The van der Waals surface area contributed by atoms with E-state index in [1.54, 1.807) is 0 Å². The Labute approximate surface area is 205 Å². The first-order valence-corrected chi connectivity index (χ1v) is 12.4. The summed E-state index contributed by atoms with van der Waals surface area (Å²) in [5.74, 6) is 0. The predicted molar refractivity (Wildman–Crippen MR) is 142 cm³/mol. The second-order valence-electron chi connectivity index (χ2n) is 9.01. The molecule has 0 aliphatic carbocycles. The molecule has 4 aromatic rings. The van der Waals surface area contributed by atoms with Gasteiger partial charge < -0.3 is 9.47 Å². The molecule has 3 nitrogen and oxygen atoms in total. The minimum Gasteiger partial charge on any atom is -0.309 e. The van der Waals surface area contributed by atoms with Crippen molar-refractivity contribution in [3.8, 4) is 28.2 Å². The van der Waals surface area contributed by atoms with Crippen LogP contribution in [-0.2, 0) is 6.54 Å². The monoisotopic (exact) mass is 499 g/mol. The molecule has 0 amide bonds. The Morgan fingerprint density at radius 2 is 1.27 bits per heavy atom. The largest absolute Gasteiger partial charge is 0.309 e. The molecule has 0 bridgehead atoms. The Balaban J connectivity index is 1.50. The molecule has 3 aromatic carbocycles. The van der Waals surface area contributed by atoms with E-state index in [2.05, 4.69) is 129 Å². The maximum Gasteiger partial charge on any atom is 0.0535 e. The van der Waals surface area contributed by atoms with E-state index in [-0.39, 0.29) is 0 Å². The summed E-state index contributed by atoms with van der Waals surface area (Å²) in [7, 11) is 2.21. The number of halogens is 1. The standard InChI is InChI=1S/C29H30BrN3/c1-22-5-3-4-6-27(22)33-28(15-16-29(33)25-11-13-26(30)14-12-25)24-9-7-23(8-10-24)21-32-19-17-31(2)18-20-32/h3-16H,17-21H2,1-2H3. The van der Waals surface area contributed by atoms with Crippen molar-refractivity contribution < 1.29 is 0 Å². The van der Waals surface area contributed by atoms with Crippen LogP contribution in [0.4, 0.5) is 0 Å². The first-order valence-electron chi connectivity index (χ1n) is 11.6. The summed E-state index contributed by atoms with van der Waals surface area (Å²) in [4.78, 5) is 4.96. The number of piperazine rings is 1. The van der Waals surface area contributed by atoms with Gasteiger partial charge in [0.15, 0.2) is 0 Å². The lowest BCUT2D eigenvalue weighted by molar-refractivity contribution is 0.148. The summed E-state index contributed by atoms with van der Waals surface area (Å²) in [5.41, 5.74) is 8.73. The number of para-hydroxylation sites is 1. The van der Waals surface area contributed by atoms with E-state index in [0.29, 0.717) is 0 Å². The summed E-state index contributed by atoms with van der Waals surface area (Å²) in [5, 5.41) is 0. The molecule has 1 aliphatic heterocycles. The number of aromatic nitrogens is 1. The van der Waals surface area contributed by atoms with Crippen LogP contribution in [0.1, 0.15) is 11.1 Å². The fourth-order valence-corrected chi connectivity index (χ4v) is 4.89. The van der Waals surface area contributed by atoms with E-state index >= 15 is 0 Å². The summed E-state index contributed by atoms with van der Waals surface area (Å²) in [6.07, 6.45) is 0. The van der Waals surface area contributed by atoms with E-state index in [1.165, 1.54) is 39.3 Å². The highest BCUT2D eigenvalue weighted by Crippen LogP contribution is 2.34. The number of nitrogens with zero attached hydrogens (tertiary/aromatic N) is 3. The van der Waals surface area contributed by atoms with Gasteiger partial charge in [-0.1, -0.05) is 70.5 Å². The maximum atomic E-state index is 3.57. The van der Waals surface area contributed by atoms with Crippen LogP contribution in [0.15, 0.2) is 89.4 Å². The topological polar surface area (TPSA) is 11.4 Å². The molecule has 4 heteroatoms. The van der Waals surface area contributed by atoms with Crippen LogP contribution >= 0.6 is 15.9 Å². The fraction of sp³-hybridized carbons (Fsp3) is 0.241. The summed E-state index contributed by atoms with van der Waals surface area (Å²) in [6, 6.07) is 30.8. The van der Waals surface area contributed by atoms with Gasteiger partial charge in [0.1, 0.15) is 0 Å². The molecule has 0 saturated carbocycles. The molecular formula is C29H30BrN3. The van der Waals surface area contributed by atoms with E-state index in [1.807, 2.05) is 0 Å². The zero-order chi connectivity index (χ0) is 22.8. The Morgan fingerprint density at radius 1 is 0.697 bits per heavy atom. The van der Waals surface area contributed by atoms with Gasteiger partial charge in [-0.05, 0) is 66.6 Å². The van der Waals surface area contributed by atoms with Gasteiger partial charge in [-0.25, -0.2) is 0 Å². The molecule has 33 heavy (non-hydrogen) atoms. The molecule has 2 heterocycles. The molecule has 0 atom stereocenters. The second-order valence-corrected chi connectivity index (χ2v) is 9.92. The van der Waals surface area contributed by atoms with Crippen molar-refractivity contribution in [1.82, 2.24) is 14.4 Å². The van der Waals surface area contributed by atoms with Crippen LogP contribution < -0.4 is 0 Å². The molecule has 1 fully saturated rings. The molecule has 1 aromatic heterocycles. The van der Waals surface area contributed by atoms with Crippen LogP contribution in [0.5, 0.6) is 0 Å². The van der Waals surface area contributed by atoms with Crippen molar-refractivity contribution in [1.29, 1.82) is 0 Å². The lowest BCUT2D eigenvalue weighted by atomic mass is 10.1. The van der Waals surface area contributed by atoms with Gasteiger partial charge in [-0.3, -0.25) is 4.90 Å². The summed E-state index contributed by atoms with van der Waals surface area (Å²) >= 11 is 3.57. The number of likely N-dealkylation sites (N-methyl/N-ethyl adjacent to an activating group) is 1. The molecule has 0 unspecified atom stereocenters. The first-order chi connectivity index (χ1) is 16.1. The number of rotatable bonds is 5. The predicted octanol–water partition coefficient (Wildman–Crippen LogP) is 6.63. The molecule has 168 valence electrons. The van der Waals surface area contributed by atoms with Crippen LogP contribution in [0.3, 0.4) is 0 Å². The van der Waals surface area contributed by atoms with Crippen LogP contribution in [0.2, 0.25) is 0 Å². The first kappa shape index (κ1) is 22.1. The number of hydrogen-bond donors (Lipinski definition) is 0. The van der Waals surface area contributed by atoms with Crippen molar-refractivity contribution in [3.05, 3.63) is 101 Å². The Morgan fingerprint density at radius 3 is 1.88 bits per heavy atom. The van der Waals surface area contributed by atoms with Gasteiger partial charge in [-0.15, -0.1) is 0 Å². The average molecular weight is 500 g/mol. The summed E-state index contributed by atoms with van der Waals surface area (Å²) in [6.45, 7) is 7.80. The van der Waals surface area contributed by atoms with E-state index in [4.69, 9.17) is 0 Å². The SMILES string of the molecule is Cc1ccccc1-n1c(-c2ccc(Br)cc2)ccc1-c1ccc(CN2CCN(C)CC2)cc1. The van der Waals surface area contributed by atoms with Crippen LogP contribution in [0, 0.1) is 6.92 Å². The van der Waals surface area contributed by atoms with Gasteiger partial charge in [0.2, 0.25) is 0 Å². The Bertz CT molecular complexity index is 1220. The number of hydrogen-bond acceptors (Lipinski definition) is 2. The molecule has 0 N–H and O–H groups in total. The molecule has 0 radical (unpaired) electrons. The molecule has 5 rings (SSSR count). The highest BCUT2D eigenvalue weighted by molar-refractivity contribution is 9.10. The fourth-order valence-electron chi connectivity index (χ4n) is 4.63. The average Bonchev–Trinajstić information content (AvgIpc) is 3.27. The van der Waals surface area contributed by atoms with Crippen LogP contribution in [0.25, 0.3) is 28.2 Å². The normalized spacial score (nSPS) is 15.1. The zero-order valence-electron chi connectivity index (χ0n) is 19.3. The third kappa shape index (κ3) is 4.84. The molecule has 1 saturated heterocycles. The van der Waals surface area contributed by atoms with Crippen molar-refractivity contribution in [2.24, 2.45) is 0 Å². The van der Waals surface area contributed by atoms with E-state index in [9.17, 15) is 0 Å². The van der Waals surface area contributed by atoms with E-state index in [0.717, 1.165) is 37.2 Å². The Kier molecular flexibility index (Phi) is 6.50. The third-order valence-electron chi connectivity index (χ3n) is 6.63. The molecule has 0 spiro atoms.